The minimum atomic E-state index is 0.105. The molecule has 1 saturated heterocycles. The maximum atomic E-state index is 12.0. The van der Waals surface area contributed by atoms with Crippen molar-refractivity contribution in [1.82, 2.24) is 19.8 Å². The first-order valence-electron chi connectivity index (χ1n) is 11.3. The van der Waals surface area contributed by atoms with Crippen LogP contribution in [0.15, 0.2) is 24.3 Å². The van der Waals surface area contributed by atoms with Crippen molar-refractivity contribution < 1.29 is 4.79 Å². The highest BCUT2D eigenvalue weighted by Gasteiger charge is 2.27. The number of likely N-dealkylation sites (tertiary alicyclic amines) is 1. The number of aryl methyl sites for hydroxylation is 1. The molecule has 1 aromatic carbocycles. The van der Waals surface area contributed by atoms with Crippen molar-refractivity contribution >= 4 is 23.3 Å². The third kappa shape index (κ3) is 5.36. The minimum absolute atomic E-state index is 0.105. The van der Waals surface area contributed by atoms with E-state index in [4.69, 9.17) is 21.6 Å². The van der Waals surface area contributed by atoms with Crippen LogP contribution in [0.5, 0.6) is 0 Å². The maximum absolute atomic E-state index is 12.0. The molecule has 2 aromatic rings. The third-order valence-corrected chi connectivity index (χ3v) is 6.75. The molecule has 1 N–H and O–H groups in total. The molecule has 1 atom stereocenters. The number of anilines is 1. The lowest BCUT2D eigenvalue weighted by Gasteiger charge is -2.32. The van der Waals surface area contributed by atoms with E-state index in [0.29, 0.717) is 12.5 Å². The average molecular weight is 442 g/mol. The number of hydrogen-bond acceptors (Lipinski definition) is 5. The van der Waals surface area contributed by atoms with E-state index in [1.165, 1.54) is 12.0 Å². The van der Waals surface area contributed by atoms with Crippen LogP contribution in [0.1, 0.15) is 54.7 Å². The molecule has 2 aliphatic rings. The van der Waals surface area contributed by atoms with Crippen LogP contribution in [0.3, 0.4) is 0 Å². The molecule has 0 spiro atoms. The van der Waals surface area contributed by atoms with E-state index in [1.807, 2.05) is 23.1 Å². The fourth-order valence-electron chi connectivity index (χ4n) is 4.59. The van der Waals surface area contributed by atoms with Crippen LogP contribution in [-0.2, 0) is 24.2 Å². The molecule has 1 amide bonds. The molecule has 1 fully saturated rings. The average Bonchev–Trinajstić information content (AvgIpc) is 2.77. The Labute approximate surface area is 190 Å². The van der Waals surface area contributed by atoms with Gasteiger partial charge < -0.3 is 15.1 Å². The first kappa shape index (κ1) is 22.0. The lowest BCUT2D eigenvalue weighted by atomic mass is 9.96. The molecule has 0 radical (unpaired) electrons. The summed E-state index contributed by atoms with van der Waals surface area (Å²) < 4.78 is 0. The number of nitrogens with zero attached hydrogens (tertiary/aromatic N) is 4. The summed E-state index contributed by atoms with van der Waals surface area (Å²) in [4.78, 5) is 26.2. The molecule has 4 rings (SSSR count). The van der Waals surface area contributed by atoms with E-state index in [9.17, 15) is 4.79 Å². The number of hydrogen-bond donors (Lipinski definition) is 1. The molecule has 0 saturated carbocycles. The Kier molecular flexibility index (Phi) is 7.08. The van der Waals surface area contributed by atoms with Gasteiger partial charge in [-0.3, -0.25) is 4.79 Å². The first-order chi connectivity index (χ1) is 15.0. The molecular formula is C24H32ClN5O. The standard InChI is InChI=1S/C24H32ClN5O/c1-17(31)30-14-11-22-20(16-30)24(26-12-5-8-18-7-3-4-10-21(18)25)28-23(27-22)19-9-6-13-29(2)15-19/h3-4,7,10,19H,5-6,8-9,11-16H2,1-2H3,(H,26,27,28)/t19-/m0/s1. The highest BCUT2D eigenvalue weighted by molar-refractivity contribution is 6.31. The molecule has 2 aliphatic heterocycles. The number of fused-ring (bicyclic) bond motifs is 1. The number of carbonyl (C=O) groups is 1. The predicted molar refractivity (Wildman–Crippen MR) is 125 cm³/mol. The zero-order chi connectivity index (χ0) is 21.8. The number of carbonyl (C=O) groups excluding carboxylic acids is 1. The summed E-state index contributed by atoms with van der Waals surface area (Å²) in [5, 5.41) is 4.39. The van der Waals surface area contributed by atoms with E-state index in [2.05, 4.69) is 23.3 Å². The number of amides is 1. The summed E-state index contributed by atoms with van der Waals surface area (Å²) in [6.45, 7) is 5.90. The maximum Gasteiger partial charge on any atom is 0.219 e. The summed E-state index contributed by atoms with van der Waals surface area (Å²) >= 11 is 6.30. The molecule has 0 unspecified atom stereocenters. The van der Waals surface area contributed by atoms with E-state index in [-0.39, 0.29) is 5.91 Å². The van der Waals surface area contributed by atoms with Crippen LogP contribution < -0.4 is 5.32 Å². The number of piperidine rings is 1. The van der Waals surface area contributed by atoms with E-state index in [0.717, 1.165) is 79.8 Å². The molecule has 31 heavy (non-hydrogen) atoms. The third-order valence-electron chi connectivity index (χ3n) is 6.39. The largest absolute Gasteiger partial charge is 0.370 e. The van der Waals surface area contributed by atoms with Gasteiger partial charge in [-0.1, -0.05) is 29.8 Å². The Bertz CT molecular complexity index is 934. The predicted octanol–water partition coefficient (Wildman–Crippen LogP) is 3.89. The van der Waals surface area contributed by atoms with Crippen LogP contribution in [0, 0.1) is 0 Å². The highest BCUT2D eigenvalue weighted by atomic mass is 35.5. The van der Waals surface area contributed by atoms with Crippen molar-refractivity contribution in [2.45, 2.75) is 51.5 Å². The number of aromatic nitrogens is 2. The van der Waals surface area contributed by atoms with Gasteiger partial charge in [0.15, 0.2) is 0 Å². The number of benzene rings is 1. The molecule has 0 bridgehead atoms. The van der Waals surface area contributed by atoms with Crippen molar-refractivity contribution in [3.05, 3.63) is 51.9 Å². The van der Waals surface area contributed by atoms with E-state index in [1.54, 1.807) is 6.92 Å². The zero-order valence-corrected chi connectivity index (χ0v) is 19.3. The van der Waals surface area contributed by atoms with E-state index >= 15 is 0 Å². The second kappa shape index (κ2) is 9.96. The molecule has 3 heterocycles. The topological polar surface area (TPSA) is 61.4 Å². The van der Waals surface area contributed by atoms with Crippen LogP contribution in [0.4, 0.5) is 5.82 Å². The summed E-state index contributed by atoms with van der Waals surface area (Å²) in [6, 6.07) is 8.01. The van der Waals surface area contributed by atoms with Gasteiger partial charge in [0, 0.05) is 49.5 Å². The molecule has 0 aliphatic carbocycles. The van der Waals surface area contributed by atoms with Gasteiger partial charge in [0.2, 0.25) is 5.91 Å². The van der Waals surface area contributed by atoms with Gasteiger partial charge in [-0.15, -0.1) is 0 Å². The van der Waals surface area contributed by atoms with Gasteiger partial charge in [-0.25, -0.2) is 9.97 Å². The van der Waals surface area contributed by atoms with Crippen molar-refractivity contribution in [1.29, 1.82) is 0 Å². The minimum Gasteiger partial charge on any atom is -0.370 e. The first-order valence-corrected chi connectivity index (χ1v) is 11.7. The molecule has 6 nitrogen and oxygen atoms in total. The molecule has 166 valence electrons. The fourth-order valence-corrected chi connectivity index (χ4v) is 4.82. The normalized spacial score (nSPS) is 19.2. The van der Waals surface area contributed by atoms with Crippen LogP contribution in [0.2, 0.25) is 5.02 Å². The summed E-state index contributed by atoms with van der Waals surface area (Å²) in [6.07, 6.45) is 4.98. The summed E-state index contributed by atoms with van der Waals surface area (Å²) in [7, 11) is 2.17. The summed E-state index contributed by atoms with van der Waals surface area (Å²) in [5.74, 6) is 2.33. The second-order valence-electron chi connectivity index (χ2n) is 8.77. The fraction of sp³-hybridized carbons (Fsp3) is 0.542. The highest BCUT2D eigenvalue weighted by Crippen LogP contribution is 2.30. The van der Waals surface area contributed by atoms with Crippen molar-refractivity contribution in [2.24, 2.45) is 0 Å². The van der Waals surface area contributed by atoms with Gasteiger partial charge in [0.1, 0.15) is 11.6 Å². The molecule has 1 aromatic heterocycles. The smallest absolute Gasteiger partial charge is 0.219 e. The van der Waals surface area contributed by atoms with Gasteiger partial charge in [-0.05, 0) is 50.9 Å². The Morgan fingerprint density at radius 2 is 2.10 bits per heavy atom. The number of rotatable bonds is 6. The van der Waals surface area contributed by atoms with Crippen LogP contribution in [0.25, 0.3) is 0 Å². The quantitative estimate of drug-likeness (QED) is 0.689. The van der Waals surface area contributed by atoms with Gasteiger partial charge in [-0.2, -0.15) is 0 Å². The Morgan fingerprint density at radius 3 is 2.87 bits per heavy atom. The summed E-state index contributed by atoms with van der Waals surface area (Å²) in [5.41, 5.74) is 3.35. The second-order valence-corrected chi connectivity index (χ2v) is 9.18. The Balaban J connectivity index is 1.51. The van der Waals surface area contributed by atoms with Crippen LogP contribution >= 0.6 is 11.6 Å². The van der Waals surface area contributed by atoms with Gasteiger partial charge in [0.05, 0.1) is 12.2 Å². The number of likely N-dealkylation sites (N-methyl/N-ethyl adjacent to an activating group) is 1. The molecular weight excluding hydrogens is 410 g/mol. The molecule has 7 heteroatoms. The Morgan fingerprint density at radius 1 is 1.26 bits per heavy atom. The van der Waals surface area contributed by atoms with Crippen molar-refractivity contribution in [3.63, 3.8) is 0 Å². The lowest BCUT2D eigenvalue weighted by molar-refractivity contribution is -0.129. The zero-order valence-electron chi connectivity index (χ0n) is 18.5. The van der Waals surface area contributed by atoms with Crippen molar-refractivity contribution in [3.8, 4) is 0 Å². The van der Waals surface area contributed by atoms with Gasteiger partial charge >= 0.3 is 0 Å². The van der Waals surface area contributed by atoms with Gasteiger partial charge in [0.25, 0.3) is 0 Å². The number of halogens is 1. The monoisotopic (exact) mass is 441 g/mol. The number of nitrogens with one attached hydrogen (secondary N) is 1. The van der Waals surface area contributed by atoms with Crippen molar-refractivity contribution in [2.75, 3.05) is 38.5 Å². The lowest BCUT2D eigenvalue weighted by Crippen LogP contribution is -2.36. The van der Waals surface area contributed by atoms with E-state index < -0.39 is 0 Å². The Hall–Kier alpha value is -2.18. The van der Waals surface area contributed by atoms with Crippen LogP contribution in [-0.4, -0.2) is 58.9 Å². The SMILES string of the molecule is CC(=O)N1CCc2nc([C@H]3CCCN(C)C3)nc(NCCCc3ccccc3Cl)c2C1.